The third-order valence-corrected chi connectivity index (χ3v) is 4.85. The first-order valence-electron chi connectivity index (χ1n) is 7.96. The van der Waals surface area contributed by atoms with E-state index in [1.165, 1.54) is 25.9 Å². The van der Waals surface area contributed by atoms with Crippen molar-refractivity contribution in [1.29, 1.82) is 0 Å². The highest BCUT2D eigenvalue weighted by atomic mass is 79.9. The summed E-state index contributed by atoms with van der Waals surface area (Å²) in [4.78, 5) is 16.7. The van der Waals surface area contributed by atoms with E-state index in [4.69, 9.17) is 0 Å². The van der Waals surface area contributed by atoms with Gasteiger partial charge in [-0.3, -0.25) is 4.79 Å². The maximum absolute atomic E-state index is 12.0. The number of nitrogens with zero attached hydrogens (tertiary/aromatic N) is 2. The molecule has 1 aliphatic rings. The number of para-hydroxylation sites is 1. The Morgan fingerprint density at radius 3 is 2.95 bits per heavy atom. The molecule has 0 saturated carbocycles. The number of piperidine rings is 1. The fourth-order valence-corrected chi connectivity index (χ4v) is 3.41. The summed E-state index contributed by atoms with van der Waals surface area (Å²) in [5.74, 6) is 0.801. The minimum atomic E-state index is 0.0690. The summed E-state index contributed by atoms with van der Waals surface area (Å²) in [6, 6.07) is 7.70. The van der Waals surface area contributed by atoms with Gasteiger partial charge in [0.1, 0.15) is 0 Å². The van der Waals surface area contributed by atoms with Crippen molar-refractivity contribution >= 4 is 27.5 Å². The number of hydrogen-bond donors (Lipinski definition) is 1. The van der Waals surface area contributed by atoms with Crippen LogP contribution in [0.1, 0.15) is 19.3 Å². The maximum atomic E-state index is 12.0. The van der Waals surface area contributed by atoms with Gasteiger partial charge in [-0.25, -0.2) is 0 Å². The second kappa shape index (κ2) is 8.65. The summed E-state index contributed by atoms with van der Waals surface area (Å²) in [6.07, 6.45) is 3.12. The molecule has 122 valence electrons. The van der Waals surface area contributed by atoms with Gasteiger partial charge < -0.3 is 15.1 Å². The Kier molecular flexibility index (Phi) is 6.86. The van der Waals surface area contributed by atoms with Crippen LogP contribution in [0.4, 0.5) is 5.69 Å². The van der Waals surface area contributed by atoms with Crippen LogP contribution < -0.4 is 5.32 Å². The molecule has 1 N–H and O–H groups in total. The van der Waals surface area contributed by atoms with Crippen LogP contribution in [0.5, 0.6) is 0 Å². The number of likely N-dealkylation sites (tertiary alicyclic amines) is 1. The number of benzene rings is 1. The molecule has 0 aliphatic carbocycles. The molecule has 1 aromatic carbocycles. The van der Waals surface area contributed by atoms with Gasteiger partial charge in [-0.2, -0.15) is 0 Å². The maximum Gasteiger partial charge on any atom is 0.225 e. The fraction of sp³-hybridized carbons (Fsp3) is 0.588. The summed E-state index contributed by atoms with van der Waals surface area (Å²) in [7, 11) is 4.30. The van der Waals surface area contributed by atoms with E-state index in [-0.39, 0.29) is 5.91 Å². The number of nitrogens with one attached hydrogen (secondary N) is 1. The Bertz CT molecular complexity index is 495. The van der Waals surface area contributed by atoms with Crippen LogP contribution in [0.15, 0.2) is 28.7 Å². The van der Waals surface area contributed by atoms with Crippen LogP contribution in [0, 0.1) is 5.92 Å². The standard InChI is InChI=1S/C17H26BrN3O/c1-20-10-5-6-14(12-20)13-21(2)11-9-17(22)19-16-8-4-3-7-15(16)18/h3-4,7-8,14H,5-6,9-13H2,1-2H3,(H,19,22). The van der Waals surface area contributed by atoms with Gasteiger partial charge in [-0.05, 0) is 67.5 Å². The summed E-state index contributed by atoms with van der Waals surface area (Å²) in [5.41, 5.74) is 0.837. The molecule has 1 unspecified atom stereocenters. The molecule has 1 atom stereocenters. The molecule has 1 heterocycles. The van der Waals surface area contributed by atoms with Gasteiger partial charge in [-0.15, -0.1) is 0 Å². The quantitative estimate of drug-likeness (QED) is 0.839. The van der Waals surface area contributed by atoms with Crippen LogP contribution in [0.3, 0.4) is 0 Å². The Morgan fingerprint density at radius 2 is 2.23 bits per heavy atom. The third kappa shape index (κ3) is 5.71. The zero-order valence-corrected chi connectivity index (χ0v) is 15.1. The normalized spacial score (nSPS) is 19.4. The van der Waals surface area contributed by atoms with Crippen molar-refractivity contribution in [2.75, 3.05) is 45.6 Å². The zero-order chi connectivity index (χ0) is 15.9. The first-order valence-corrected chi connectivity index (χ1v) is 8.75. The van der Waals surface area contributed by atoms with Crippen molar-refractivity contribution in [1.82, 2.24) is 9.80 Å². The predicted molar refractivity (Wildman–Crippen MR) is 95.1 cm³/mol. The molecule has 0 aromatic heterocycles. The Labute approximate surface area is 142 Å². The van der Waals surface area contributed by atoms with Crippen LogP contribution in [0.2, 0.25) is 0 Å². The van der Waals surface area contributed by atoms with Gasteiger partial charge in [0.05, 0.1) is 5.69 Å². The number of amides is 1. The molecule has 5 heteroatoms. The second-order valence-corrected chi connectivity index (χ2v) is 7.17. The molecule has 2 rings (SSSR count). The van der Waals surface area contributed by atoms with Gasteiger partial charge in [0.25, 0.3) is 0 Å². The molecule has 0 radical (unpaired) electrons. The summed E-state index contributed by atoms with van der Waals surface area (Å²) >= 11 is 3.45. The fourth-order valence-electron chi connectivity index (χ4n) is 3.02. The average molecular weight is 368 g/mol. The van der Waals surface area contributed by atoms with E-state index >= 15 is 0 Å². The highest BCUT2D eigenvalue weighted by molar-refractivity contribution is 9.10. The van der Waals surface area contributed by atoms with Gasteiger partial charge in [0.2, 0.25) is 5.91 Å². The smallest absolute Gasteiger partial charge is 0.225 e. The lowest BCUT2D eigenvalue weighted by atomic mass is 9.98. The first kappa shape index (κ1) is 17.4. The number of halogens is 1. The minimum Gasteiger partial charge on any atom is -0.325 e. The average Bonchev–Trinajstić information content (AvgIpc) is 2.48. The van der Waals surface area contributed by atoms with Crippen molar-refractivity contribution in [3.05, 3.63) is 28.7 Å². The lowest BCUT2D eigenvalue weighted by molar-refractivity contribution is -0.116. The summed E-state index contributed by atoms with van der Waals surface area (Å²) < 4.78 is 0.918. The van der Waals surface area contributed by atoms with Crippen molar-refractivity contribution in [3.63, 3.8) is 0 Å². The van der Waals surface area contributed by atoms with Gasteiger partial charge >= 0.3 is 0 Å². The van der Waals surface area contributed by atoms with E-state index in [2.05, 4.69) is 45.1 Å². The molecule has 0 bridgehead atoms. The molecular weight excluding hydrogens is 342 g/mol. The molecule has 1 aliphatic heterocycles. The third-order valence-electron chi connectivity index (χ3n) is 4.16. The number of rotatable bonds is 6. The van der Waals surface area contributed by atoms with E-state index in [9.17, 15) is 4.79 Å². The van der Waals surface area contributed by atoms with E-state index < -0.39 is 0 Å². The highest BCUT2D eigenvalue weighted by Crippen LogP contribution is 2.21. The molecule has 1 saturated heterocycles. The lowest BCUT2D eigenvalue weighted by Crippen LogP contribution is -2.38. The van der Waals surface area contributed by atoms with Crippen molar-refractivity contribution in [3.8, 4) is 0 Å². The van der Waals surface area contributed by atoms with Gasteiger partial charge in [-0.1, -0.05) is 12.1 Å². The first-order chi connectivity index (χ1) is 10.5. The molecule has 4 nitrogen and oxygen atoms in total. The van der Waals surface area contributed by atoms with Crippen molar-refractivity contribution in [2.45, 2.75) is 19.3 Å². The molecule has 0 spiro atoms. The van der Waals surface area contributed by atoms with Gasteiger partial charge in [0.15, 0.2) is 0 Å². The predicted octanol–water partition coefficient (Wildman–Crippen LogP) is 3.05. The number of anilines is 1. The SMILES string of the molecule is CN1CCCC(CN(C)CCC(=O)Nc2ccccc2Br)C1. The van der Waals surface area contributed by atoms with Crippen LogP contribution >= 0.6 is 15.9 Å². The Hall–Kier alpha value is -0.910. The number of carbonyl (C=O) groups excluding carboxylic acids is 1. The largest absolute Gasteiger partial charge is 0.325 e. The topological polar surface area (TPSA) is 35.6 Å². The van der Waals surface area contributed by atoms with Crippen molar-refractivity contribution < 1.29 is 4.79 Å². The molecule has 1 amide bonds. The van der Waals surface area contributed by atoms with E-state index in [0.29, 0.717) is 6.42 Å². The lowest BCUT2D eigenvalue weighted by Gasteiger charge is -2.32. The number of hydrogen-bond acceptors (Lipinski definition) is 3. The van der Waals surface area contributed by atoms with Crippen LogP contribution in [-0.4, -0.2) is 56.0 Å². The molecule has 1 aromatic rings. The number of carbonyl (C=O) groups is 1. The van der Waals surface area contributed by atoms with E-state index in [0.717, 1.165) is 29.2 Å². The zero-order valence-electron chi connectivity index (χ0n) is 13.5. The van der Waals surface area contributed by atoms with Crippen LogP contribution in [0.25, 0.3) is 0 Å². The Morgan fingerprint density at radius 1 is 1.45 bits per heavy atom. The van der Waals surface area contributed by atoms with E-state index in [1.54, 1.807) is 0 Å². The molecular formula is C17H26BrN3O. The summed E-state index contributed by atoms with van der Waals surface area (Å²) in [5, 5.41) is 2.96. The molecule has 1 fully saturated rings. The molecule has 22 heavy (non-hydrogen) atoms. The summed E-state index contributed by atoms with van der Waals surface area (Å²) in [6.45, 7) is 4.27. The van der Waals surface area contributed by atoms with Crippen LogP contribution in [-0.2, 0) is 4.79 Å². The minimum absolute atomic E-state index is 0.0690. The highest BCUT2D eigenvalue weighted by Gasteiger charge is 2.18. The van der Waals surface area contributed by atoms with E-state index in [1.807, 2.05) is 24.3 Å². The van der Waals surface area contributed by atoms with Crippen molar-refractivity contribution in [2.24, 2.45) is 5.92 Å². The Balaban J connectivity index is 1.70. The monoisotopic (exact) mass is 367 g/mol. The second-order valence-electron chi connectivity index (χ2n) is 6.31. The van der Waals surface area contributed by atoms with Gasteiger partial charge in [0, 0.05) is 30.5 Å².